The fraction of sp³-hybridized carbons (Fsp3) is 0.533. The molecule has 0 unspecified atom stereocenters. The third kappa shape index (κ3) is 7.20. The number of carbonyl (C=O) groups excluding carboxylic acids is 1. The number of carbonyl (C=O) groups is 1. The minimum atomic E-state index is 0.0294. The number of hydrogen-bond acceptors (Lipinski definition) is 4. The van der Waals surface area contributed by atoms with Gasteiger partial charge in [0.1, 0.15) is 5.75 Å². The highest BCUT2D eigenvalue weighted by molar-refractivity contribution is 6.30. The van der Waals surface area contributed by atoms with Gasteiger partial charge in [-0.15, -0.1) is 0 Å². The van der Waals surface area contributed by atoms with Crippen molar-refractivity contribution in [1.82, 2.24) is 10.6 Å². The largest absolute Gasteiger partial charge is 0.495 e. The molecule has 21 heavy (non-hydrogen) atoms. The first-order valence-corrected chi connectivity index (χ1v) is 7.60. The summed E-state index contributed by atoms with van der Waals surface area (Å²) in [5.74, 6) is 0.741. The van der Waals surface area contributed by atoms with Gasteiger partial charge in [-0.05, 0) is 31.2 Å². The molecule has 3 N–H and O–H groups in total. The van der Waals surface area contributed by atoms with Crippen molar-refractivity contribution in [3.05, 3.63) is 23.2 Å². The molecule has 1 aromatic carbocycles. The van der Waals surface area contributed by atoms with Crippen LogP contribution in [0.4, 0.5) is 5.69 Å². The maximum atomic E-state index is 11.7. The molecule has 0 heterocycles. The van der Waals surface area contributed by atoms with Crippen LogP contribution >= 0.6 is 11.6 Å². The Hall–Kier alpha value is -1.46. The number of methoxy groups -OCH3 is 1. The first kappa shape index (κ1) is 17.6. The molecule has 0 spiro atoms. The molecule has 118 valence electrons. The van der Waals surface area contributed by atoms with Crippen LogP contribution in [0.25, 0.3) is 0 Å². The van der Waals surface area contributed by atoms with E-state index in [0.717, 1.165) is 25.2 Å². The molecular formula is C15H24ClN3O2. The predicted molar refractivity (Wildman–Crippen MR) is 87.3 cm³/mol. The number of amides is 1. The number of nitrogens with one attached hydrogen (secondary N) is 3. The Morgan fingerprint density at radius 1 is 1.24 bits per heavy atom. The minimum Gasteiger partial charge on any atom is -0.495 e. The van der Waals surface area contributed by atoms with Gasteiger partial charge in [-0.1, -0.05) is 18.5 Å². The number of anilines is 1. The molecule has 0 fully saturated rings. The van der Waals surface area contributed by atoms with Crippen LogP contribution < -0.4 is 20.7 Å². The second-order valence-electron chi connectivity index (χ2n) is 4.62. The van der Waals surface area contributed by atoms with Crippen molar-refractivity contribution in [1.29, 1.82) is 0 Å². The van der Waals surface area contributed by atoms with Crippen molar-refractivity contribution >= 4 is 23.2 Å². The number of hydrogen-bond donors (Lipinski definition) is 3. The Balaban J connectivity index is 2.24. The molecule has 0 aliphatic carbocycles. The summed E-state index contributed by atoms with van der Waals surface area (Å²) in [6, 6.07) is 5.35. The third-order valence-corrected chi connectivity index (χ3v) is 3.11. The summed E-state index contributed by atoms with van der Waals surface area (Å²) in [4.78, 5) is 11.7. The van der Waals surface area contributed by atoms with E-state index >= 15 is 0 Å². The van der Waals surface area contributed by atoms with Crippen LogP contribution in [0.5, 0.6) is 5.75 Å². The molecule has 1 rings (SSSR count). The summed E-state index contributed by atoms with van der Waals surface area (Å²) in [5, 5.41) is 9.89. The Bertz CT molecular complexity index is 441. The van der Waals surface area contributed by atoms with Crippen molar-refractivity contribution < 1.29 is 9.53 Å². The summed E-state index contributed by atoms with van der Waals surface area (Å²) in [5.41, 5.74) is 0.794. The van der Waals surface area contributed by atoms with E-state index in [9.17, 15) is 4.79 Å². The predicted octanol–water partition coefficient (Wildman–Crippen LogP) is 2.27. The lowest BCUT2D eigenvalue weighted by atomic mass is 10.2. The van der Waals surface area contributed by atoms with E-state index in [4.69, 9.17) is 16.3 Å². The van der Waals surface area contributed by atoms with E-state index in [2.05, 4.69) is 22.9 Å². The molecule has 0 aliphatic rings. The average Bonchev–Trinajstić information content (AvgIpc) is 2.47. The van der Waals surface area contributed by atoms with Gasteiger partial charge >= 0.3 is 0 Å². The molecular weight excluding hydrogens is 290 g/mol. The third-order valence-electron chi connectivity index (χ3n) is 2.88. The van der Waals surface area contributed by atoms with Crippen LogP contribution in [0.15, 0.2) is 18.2 Å². The first-order valence-electron chi connectivity index (χ1n) is 7.22. The minimum absolute atomic E-state index is 0.0294. The zero-order chi connectivity index (χ0) is 15.5. The van der Waals surface area contributed by atoms with Crippen LogP contribution in [0.3, 0.4) is 0 Å². The zero-order valence-electron chi connectivity index (χ0n) is 12.7. The molecule has 1 amide bonds. The van der Waals surface area contributed by atoms with Gasteiger partial charge in [-0.3, -0.25) is 4.79 Å². The van der Waals surface area contributed by atoms with Gasteiger partial charge in [0.25, 0.3) is 0 Å². The standard InChI is InChI=1S/C15H24ClN3O2/c1-3-7-17-9-10-19-15(20)6-8-18-13-11-12(16)4-5-14(13)21-2/h4-5,11,17-18H,3,6-10H2,1-2H3,(H,19,20). The fourth-order valence-corrected chi connectivity index (χ4v) is 1.98. The molecule has 0 saturated heterocycles. The zero-order valence-corrected chi connectivity index (χ0v) is 13.4. The lowest BCUT2D eigenvalue weighted by Gasteiger charge is -2.11. The fourth-order valence-electron chi connectivity index (χ4n) is 1.81. The molecule has 0 bridgehead atoms. The van der Waals surface area contributed by atoms with E-state index in [0.29, 0.717) is 30.3 Å². The summed E-state index contributed by atoms with van der Waals surface area (Å²) >= 11 is 5.94. The Morgan fingerprint density at radius 2 is 2.05 bits per heavy atom. The van der Waals surface area contributed by atoms with E-state index in [1.165, 1.54) is 0 Å². The summed E-state index contributed by atoms with van der Waals surface area (Å²) in [6.07, 6.45) is 1.50. The van der Waals surface area contributed by atoms with Crippen LogP contribution in [0, 0.1) is 0 Å². The monoisotopic (exact) mass is 313 g/mol. The molecule has 6 heteroatoms. The summed E-state index contributed by atoms with van der Waals surface area (Å²) in [6.45, 7) is 5.08. The highest BCUT2D eigenvalue weighted by atomic mass is 35.5. The summed E-state index contributed by atoms with van der Waals surface area (Å²) < 4.78 is 5.23. The van der Waals surface area contributed by atoms with Crippen LogP contribution in [-0.4, -0.2) is 39.2 Å². The lowest BCUT2D eigenvalue weighted by Crippen LogP contribution is -2.32. The SMILES string of the molecule is CCCNCCNC(=O)CCNc1cc(Cl)ccc1OC. The topological polar surface area (TPSA) is 62.4 Å². The second kappa shape index (κ2) is 10.3. The van der Waals surface area contributed by atoms with E-state index in [1.54, 1.807) is 25.3 Å². The average molecular weight is 314 g/mol. The van der Waals surface area contributed by atoms with Crippen LogP contribution in [-0.2, 0) is 4.79 Å². The number of benzene rings is 1. The molecule has 5 nitrogen and oxygen atoms in total. The van der Waals surface area contributed by atoms with E-state index in [-0.39, 0.29) is 5.91 Å². The van der Waals surface area contributed by atoms with Crippen molar-refractivity contribution in [2.24, 2.45) is 0 Å². The number of halogens is 1. The number of rotatable bonds is 10. The van der Waals surface area contributed by atoms with Gasteiger partial charge in [0, 0.05) is 31.1 Å². The smallest absolute Gasteiger partial charge is 0.221 e. The second-order valence-corrected chi connectivity index (χ2v) is 5.06. The highest BCUT2D eigenvalue weighted by Gasteiger charge is 2.05. The molecule has 0 atom stereocenters. The molecule has 0 aliphatic heterocycles. The van der Waals surface area contributed by atoms with Crippen molar-refractivity contribution in [3.8, 4) is 5.75 Å². The first-order chi connectivity index (χ1) is 10.2. The Labute approximate surface area is 131 Å². The van der Waals surface area contributed by atoms with Crippen LogP contribution in [0.1, 0.15) is 19.8 Å². The number of ether oxygens (including phenoxy) is 1. The van der Waals surface area contributed by atoms with Crippen LogP contribution in [0.2, 0.25) is 5.02 Å². The summed E-state index contributed by atoms with van der Waals surface area (Å²) in [7, 11) is 1.60. The van der Waals surface area contributed by atoms with Gasteiger partial charge in [-0.2, -0.15) is 0 Å². The molecule has 0 saturated carbocycles. The van der Waals surface area contributed by atoms with Gasteiger partial charge < -0.3 is 20.7 Å². The van der Waals surface area contributed by atoms with Gasteiger partial charge in [0.15, 0.2) is 0 Å². The maximum absolute atomic E-state index is 11.7. The maximum Gasteiger partial charge on any atom is 0.221 e. The molecule has 0 aromatic heterocycles. The molecule has 0 radical (unpaired) electrons. The van der Waals surface area contributed by atoms with Gasteiger partial charge in [0.2, 0.25) is 5.91 Å². The van der Waals surface area contributed by atoms with Gasteiger partial charge in [0.05, 0.1) is 12.8 Å². The lowest BCUT2D eigenvalue weighted by molar-refractivity contribution is -0.120. The van der Waals surface area contributed by atoms with E-state index < -0.39 is 0 Å². The van der Waals surface area contributed by atoms with Crippen molar-refractivity contribution in [2.75, 3.05) is 38.6 Å². The van der Waals surface area contributed by atoms with Crippen molar-refractivity contribution in [3.63, 3.8) is 0 Å². The Kier molecular flexibility index (Phi) is 8.62. The highest BCUT2D eigenvalue weighted by Crippen LogP contribution is 2.27. The quantitative estimate of drug-likeness (QED) is 0.580. The Morgan fingerprint density at radius 3 is 2.76 bits per heavy atom. The van der Waals surface area contributed by atoms with Crippen molar-refractivity contribution in [2.45, 2.75) is 19.8 Å². The van der Waals surface area contributed by atoms with Gasteiger partial charge in [-0.25, -0.2) is 0 Å². The molecule has 1 aromatic rings. The van der Waals surface area contributed by atoms with E-state index in [1.807, 2.05) is 0 Å². The normalized spacial score (nSPS) is 10.2.